The van der Waals surface area contributed by atoms with E-state index >= 15 is 0 Å². The third-order valence-electron chi connectivity index (χ3n) is 4.50. The number of aromatic nitrogens is 3. The first kappa shape index (κ1) is 13.0. The van der Waals surface area contributed by atoms with Crippen molar-refractivity contribution in [2.75, 3.05) is 11.9 Å². The van der Waals surface area contributed by atoms with Crippen molar-refractivity contribution in [1.82, 2.24) is 14.5 Å². The minimum absolute atomic E-state index is 0.0938. The van der Waals surface area contributed by atoms with Gasteiger partial charge in [-0.15, -0.1) is 0 Å². The number of aryl methyl sites for hydroxylation is 1. The van der Waals surface area contributed by atoms with Crippen LogP contribution in [0.25, 0.3) is 22.4 Å². The monoisotopic (exact) mass is 292 g/mol. The summed E-state index contributed by atoms with van der Waals surface area (Å²) in [6.45, 7) is 1.96. The second-order valence-electron chi connectivity index (χ2n) is 5.75. The number of pyridine rings is 1. The molecule has 0 saturated heterocycles. The number of fused-ring (bicyclic) bond motifs is 2. The molecule has 1 aliphatic rings. The first-order valence-corrected chi connectivity index (χ1v) is 7.26. The molecular weight excluding hydrogens is 276 g/mol. The van der Waals surface area contributed by atoms with Crippen molar-refractivity contribution in [2.45, 2.75) is 12.8 Å². The van der Waals surface area contributed by atoms with Crippen molar-refractivity contribution in [3.05, 3.63) is 42.2 Å². The van der Waals surface area contributed by atoms with E-state index in [0.717, 1.165) is 33.7 Å². The van der Waals surface area contributed by atoms with E-state index < -0.39 is 0 Å². The standard InChI is InChI=1S/C17H16N4O/c1-10-12-8-15-13(9-14(12)21(3)17(10)22)19-16(20(15)2)11-4-6-18-7-5-11/h4-10H,1-3H3. The van der Waals surface area contributed by atoms with E-state index in [1.807, 2.05) is 39.2 Å². The van der Waals surface area contributed by atoms with Crippen molar-refractivity contribution >= 4 is 22.6 Å². The number of carbonyl (C=O) groups is 1. The number of hydrogen-bond donors (Lipinski definition) is 0. The number of anilines is 1. The van der Waals surface area contributed by atoms with Crippen molar-refractivity contribution in [2.24, 2.45) is 7.05 Å². The summed E-state index contributed by atoms with van der Waals surface area (Å²) in [6.07, 6.45) is 3.53. The summed E-state index contributed by atoms with van der Waals surface area (Å²) in [6, 6.07) is 8.01. The number of carbonyl (C=O) groups excluding carboxylic acids is 1. The minimum Gasteiger partial charge on any atom is -0.327 e. The molecule has 110 valence electrons. The number of amides is 1. The van der Waals surface area contributed by atoms with Gasteiger partial charge in [0.05, 0.1) is 17.0 Å². The Kier molecular flexibility index (Phi) is 2.60. The lowest BCUT2D eigenvalue weighted by Gasteiger charge is -2.09. The van der Waals surface area contributed by atoms with Crippen molar-refractivity contribution in [3.8, 4) is 11.4 Å². The highest BCUT2D eigenvalue weighted by Crippen LogP contribution is 2.39. The molecule has 22 heavy (non-hydrogen) atoms. The fraction of sp³-hybridized carbons (Fsp3) is 0.235. The molecule has 0 N–H and O–H groups in total. The van der Waals surface area contributed by atoms with Gasteiger partial charge in [-0.1, -0.05) is 0 Å². The quantitative estimate of drug-likeness (QED) is 0.693. The average molecular weight is 292 g/mol. The van der Waals surface area contributed by atoms with Gasteiger partial charge >= 0.3 is 0 Å². The number of likely N-dealkylation sites (N-methyl/N-ethyl adjacent to an activating group) is 1. The van der Waals surface area contributed by atoms with Gasteiger partial charge in [0.1, 0.15) is 5.82 Å². The zero-order chi connectivity index (χ0) is 15.4. The van der Waals surface area contributed by atoms with Crippen LogP contribution in [0.15, 0.2) is 36.7 Å². The number of benzene rings is 1. The second-order valence-corrected chi connectivity index (χ2v) is 5.75. The minimum atomic E-state index is -0.0938. The lowest BCUT2D eigenvalue weighted by atomic mass is 10.0. The average Bonchev–Trinajstić information content (AvgIpc) is 2.98. The maximum absolute atomic E-state index is 12.1. The summed E-state index contributed by atoms with van der Waals surface area (Å²) in [5.41, 5.74) is 5.02. The van der Waals surface area contributed by atoms with Gasteiger partial charge in [-0.25, -0.2) is 4.98 Å². The van der Waals surface area contributed by atoms with Crippen LogP contribution in [0.3, 0.4) is 0 Å². The maximum atomic E-state index is 12.1. The molecule has 2 aromatic heterocycles. The highest BCUT2D eigenvalue weighted by atomic mass is 16.2. The smallest absolute Gasteiger partial charge is 0.234 e. The Balaban J connectivity index is 1.97. The van der Waals surface area contributed by atoms with Gasteiger partial charge in [0, 0.05) is 37.7 Å². The molecule has 1 aliphatic heterocycles. The van der Waals surface area contributed by atoms with Crippen LogP contribution in [0.2, 0.25) is 0 Å². The molecule has 0 aliphatic carbocycles. The Hall–Kier alpha value is -2.69. The highest BCUT2D eigenvalue weighted by Gasteiger charge is 2.32. The second kappa shape index (κ2) is 4.40. The molecule has 3 aromatic rings. The largest absolute Gasteiger partial charge is 0.327 e. The van der Waals surface area contributed by atoms with Crippen molar-refractivity contribution < 1.29 is 4.79 Å². The van der Waals surface area contributed by atoms with Gasteiger partial charge in [0.2, 0.25) is 5.91 Å². The Morgan fingerprint density at radius 1 is 1.14 bits per heavy atom. The van der Waals surface area contributed by atoms with Crippen LogP contribution in [0, 0.1) is 0 Å². The predicted molar refractivity (Wildman–Crippen MR) is 85.8 cm³/mol. The molecule has 0 saturated carbocycles. The molecule has 0 spiro atoms. The molecule has 0 bridgehead atoms. The molecule has 1 unspecified atom stereocenters. The topological polar surface area (TPSA) is 51.0 Å². The van der Waals surface area contributed by atoms with Crippen LogP contribution < -0.4 is 4.90 Å². The molecule has 1 aromatic carbocycles. The summed E-state index contributed by atoms with van der Waals surface area (Å²) in [5, 5.41) is 0. The van der Waals surface area contributed by atoms with Gasteiger partial charge in [-0.3, -0.25) is 9.78 Å². The van der Waals surface area contributed by atoms with Crippen molar-refractivity contribution in [3.63, 3.8) is 0 Å². The van der Waals surface area contributed by atoms with Crippen LogP contribution in [-0.2, 0) is 11.8 Å². The Bertz CT molecular complexity index is 898. The van der Waals surface area contributed by atoms with E-state index in [0.29, 0.717) is 0 Å². The van der Waals surface area contributed by atoms with Gasteiger partial charge < -0.3 is 9.47 Å². The lowest BCUT2D eigenvalue weighted by Crippen LogP contribution is -2.22. The molecule has 0 fully saturated rings. The van der Waals surface area contributed by atoms with E-state index in [1.165, 1.54) is 0 Å². The molecule has 5 heteroatoms. The van der Waals surface area contributed by atoms with Gasteiger partial charge in [-0.2, -0.15) is 0 Å². The van der Waals surface area contributed by atoms with Crippen molar-refractivity contribution in [1.29, 1.82) is 0 Å². The summed E-state index contributed by atoms with van der Waals surface area (Å²) in [7, 11) is 3.83. The maximum Gasteiger partial charge on any atom is 0.234 e. The lowest BCUT2D eigenvalue weighted by molar-refractivity contribution is -0.118. The highest BCUT2D eigenvalue weighted by molar-refractivity contribution is 6.06. The Labute approximate surface area is 128 Å². The zero-order valence-electron chi connectivity index (χ0n) is 12.7. The first-order chi connectivity index (χ1) is 10.6. The number of nitrogens with zero attached hydrogens (tertiary/aromatic N) is 4. The van der Waals surface area contributed by atoms with Crippen LogP contribution in [0.4, 0.5) is 5.69 Å². The third kappa shape index (κ3) is 1.62. The number of hydrogen-bond acceptors (Lipinski definition) is 3. The predicted octanol–water partition coefficient (Wildman–Crippen LogP) is 2.72. The van der Waals surface area contributed by atoms with Gasteiger partial charge in [0.25, 0.3) is 0 Å². The van der Waals surface area contributed by atoms with E-state index in [9.17, 15) is 4.79 Å². The number of rotatable bonds is 1. The zero-order valence-corrected chi connectivity index (χ0v) is 12.7. The van der Waals surface area contributed by atoms with Crippen LogP contribution in [0.5, 0.6) is 0 Å². The molecule has 4 rings (SSSR count). The SMILES string of the molecule is CC1C(=O)N(C)c2cc3nc(-c4ccncc4)n(C)c3cc21. The molecular formula is C17H16N4O. The fourth-order valence-corrected chi connectivity index (χ4v) is 3.18. The molecule has 0 radical (unpaired) electrons. The van der Waals surface area contributed by atoms with Gasteiger partial charge in [0.15, 0.2) is 0 Å². The summed E-state index contributed by atoms with van der Waals surface area (Å²) >= 11 is 0. The number of imidazole rings is 1. The van der Waals surface area contributed by atoms with E-state index in [-0.39, 0.29) is 11.8 Å². The van der Waals surface area contributed by atoms with Crippen LogP contribution in [0.1, 0.15) is 18.4 Å². The molecule has 3 heterocycles. The normalized spacial score (nSPS) is 17.3. The van der Waals surface area contributed by atoms with E-state index in [1.54, 1.807) is 17.3 Å². The summed E-state index contributed by atoms with van der Waals surface area (Å²) in [4.78, 5) is 22.6. The van der Waals surface area contributed by atoms with Gasteiger partial charge in [-0.05, 0) is 36.8 Å². The Morgan fingerprint density at radius 3 is 2.59 bits per heavy atom. The molecule has 1 amide bonds. The fourth-order valence-electron chi connectivity index (χ4n) is 3.18. The molecule has 5 nitrogen and oxygen atoms in total. The van der Waals surface area contributed by atoms with Crippen LogP contribution >= 0.6 is 0 Å². The summed E-state index contributed by atoms with van der Waals surface area (Å²) < 4.78 is 2.07. The third-order valence-corrected chi connectivity index (χ3v) is 4.50. The summed E-state index contributed by atoms with van der Waals surface area (Å²) in [5.74, 6) is 0.950. The first-order valence-electron chi connectivity index (χ1n) is 7.26. The molecule has 1 atom stereocenters. The van der Waals surface area contributed by atoms with E-state index in [4.69, 9.17) is 4.98 Å². The van der Waals surface area contributed by atoms with E-state index in [2.05, 4.69) is 15.6 Å². The Morgan fingerprint density at radius 2 is 1.86 bits per heavy atom. The van der Waals surface area contributed by atoms with Crippen LogP contribution in [-0.4, -0.2) is 27.5 Å².